The minimum atomic E-state index is -2.25. The summed E-state index contributed by atoms with van der Waals surface area (Å²) in [6.07, 6.45) is -1.92. The molecular formula is C6H12FeO6. The van der Waals surface area contributed by atoms with Crippen LogP contribution in [-0.4, -0.2) is 43.6 Å². The minimum Gasteiger partial charge on any atom is -0.564 e. The largest absolute Gasteiger partial charge is 2.00 e. The van der Waals surface area contributed by atoms with E-state index in [-0.39, 0.29) is 22.5 Å². The number of aliphatic hydroxyl groups excluding tert-OH is 2. The maximum Gasteiger partial charge on any atom is 2.00 e. The van der Waals surface area contributed by atoms with Crippen molar-refractivity contribution in [3.63, 3.8) is 0 Å². The minimum absolute atomic E-state index is 0. The first-order valence-corrected chi connectivity index (χ1v) is 2.87. The second-order valence-electron chi connectivity index (χ2n) is 2.26. The molecule has 0 bridgehead atoms. The van der Waals surface area contributed by atoms with Crippen LogP contribution in [0, 0.1) is 13.5 Å². The van der Waals surface area contributed by atoms with Gasteiger partial charge in [-0.3, -0.25) is 4.79 Å². The van der Waals surface area contributed by atoms with E-state index < -0.39 is 24.1 Å². The molecule has 0 radical (unpaired) electrons. The molecule has 13 heavy (non-hydrogen) atoms. The number of aliphatic carboxylic acids is 1. The maximum atomic E-state index is 10.2. The summed E-state index contributed by atoms with van der Waals surface area (Å²) in [6.45, 7) is 3.31. The van der Waals surface area contributed by atoms with Crippen molar-refractivity contribution in [2.24, 2.45) is 0 Å². The van der Waals surface area contributed by atoms with Crippen molar-refractivity contribution in [2.75, 3.05) is 0 Å². The average Bonchev–Trinajstić information content (AvgIpc) is 1.86. The summed E-state index contributed by atoms with van der Waals surface area (Å²) in [7, 11) is 0. The zero-order chi connectivity index (χ0) is 9.07. The third-order valence-corrected chi connectivity index (χ3v) is 1.12. The van der Waals surface area contributed by atoms with Crippen LogP contribution in [0.15, 0.2) is 0 Å². The molecule has 0 aliphatic heterocycles. The summed E-state index contributed by atoms with van der Waals surface area (Å²) in [4.78, 5) is 10.2. The third kappa shape index (κ3) is 6.94. The molecule has 0 aromatic carbocycles. The van der Waals surface area contributed by atoms with Gasteiger partial charge < -0.3 is 32.8 Å². The van der Waals surface area contributed by atoms with Gasteiger partial charge in [-0.15, -0.1) is 0 Å². The Balaban J connectivity index is -0.000000500. The standard InChI is InChI=1S/C6H10O5.Fe.H2O/c1-6(11,5(9)10)2-4(8)3-7;;/h3-4,7-8,11H,1-2H2,(H,9,10);;1H2/q-2;+2;/t4-,6?;;/m1../s1. The summed E-state index contributed by atoms with van der Waals surface area (Å²) >= 11 is 0. The van der Waals surface area contributed by atoms with Crippen molar-refractivity contribution >= 4 is 5.97 Å². The summed E-state index contributed by atoms with van der Waals surface area (Å²) in [5, 5.41) is 34.0. The van der Waals surface area contributed by atoms with Crippen LogP contribution < -0.4 is 0 Å². The Labute approximate surface area is 86.0 Å². The van der Waals surface area contributed by atoms with Crippen molar-refractivity contribution in [3.05, 3.63) is 13.5 Å². The number of carboxylic acid groups (broad SMARTS) is 1. The van der Waals surface area contributed by atoms with Gasteiger partial charge in [-0.1, -0.05) is 0 Å². The molecule has 0 amide bonds. The van der Waals surface area contributed by atoms with Gasteiger partial charge in [0.05, 0.1) is 0 Å². The third-order valence-electron chi connectivity index (χ3n) is 1.12. The van der Waals surface area contributed by atoms with Crippen molar-refractivity contribution in [2.45, 2.75) is 18.1 Å². The summed E-state index contributed by atoms with van der Waals surface area (Å²) < 4.78 is 0. The zero-order valence-electron chi connectivity index (χ0n) is 6.62. The zero-order valence-corrected chi connectivity index (χ0v) is 7.72. The molecule has 1 unspecified atom stereocenters. The Hall–Kier alpha value is -0.171. The summed E-state index contributed by atoms with van der Waals surface area (Å²) in [5.41, 5.74) is -2.25. The van der Waals surface area contributed by atoms with E-state index in [0.717, 1.165) is 0 Å². The number of rotatable bonds is 4. The molecule has 6 N–H and O–H groups in total. The first kappa shape index (κ1) is 18.6. The fourth-order valence-electron chi connectivity index (χ4n) is 0.486. The fraction of sp³-hybridized carbons (Fsp3) is 0.500. The van der Waals surface area contributed by atoms with Crippen LogP contribution in [0.4, 0.5) is 0 Å². The number of carbonyl (C=O) groups is 1. The molecule has 0 aromatic rings. The van der Waals surface area contributed by atoms with Gasteiger partial charge in [0.1, 0.15) is 0 Å². The molecule has 0 aliphatic rings. The van der Waals surface area contributed by atoms with E-state index in [0.29, 0.717) is 6.61 Å². The van der Waals surface area contributed by atoms with Crippen molar-refractivity contribution in [1.82, 2.24) is 0 Å². The Morgan fingerprint density at radius 1 is 1.62 bits per heavy atom. The van der Waals surface area contributed by atoms with E-state index in [1.165, 1.54) is 0 Å². The van der Waals surface area contributed by atoms with E-state index in [2.05, 4.69) is 6.92 Å². The normalized spacial score (nSPS) is 16.0. The van der Waals surface area contributed by atoms with Crippen molar-refractivity contribution in [1.29, 1.82) is 0 Å². The molecule has 80 valence electrons. The number of aliphatic hydroxyl groups is 3. The summed E-state index contributed by atoms with van der Waals surface area (Å²) in [5.74, 6) is -1.54. The molecule has 0 rings (SSSR count). The molecule has 0 heterocycles. The van der Waals surface area contributed by atoms with Gasteiger partial charge in [0.15, 0.2) is 0 Å². The number of hydrogen-bond acceptors (Lipinski definition) is 4. The topological polar surface area (TPSA) is 129 Å². The van der Waals surface area contributed by atoms with Gasteiger partial charge in [0.2, 0.25) is 0 Å². The Morgan fingerprint density at radius 2 is 2.00 bits per heavy atom. The Kier molecular flexibility index (Phi) is 10.4. The second-order valence-corrected chi connectivity index (χ2v) is 2.26. The van der Waals surface area contributed by atoms with Crippen LogP contribution in [0.5, 0.6) is 0 Å². The van der Waals surface area contributed by atoms with Gasteiger partial charge in [-0.05, 0) is 12.5 Å². The Bertz CT molecular complexity index is 148. The molecule has 2 atom stereocenters. The van der Waals surface area contributed by atoms with Gasteiger partial charge >= 0.3 is 23.0 Å². The molecule has 0 aromatic heterocycles. The summed E-state index contributed by atoms with van der Waals surface area (Å²) in [6, 6.07) is 0. The monoisotopic (exact) mass is 236 g/mol. The van der Waals surface area contributed by atoms with Crippen LogP contribution in [0.2, 0.25) is 0 Å². The van der Waals surface area contributed by atoms with Gasteiger partial charge in [0.25, 0.3) is 0 Å². The smallest absolute Gasteiger partial charge is 0.564 e. The van der Waals surface area contributed by atoms with Crippen LogP contribution in [0.1, 0.15) is 6.42 Å². The molecule has 0 spiro atoms. The molecule has 0 saturated carbocycles. The predicted molar refractivity (Wildman–Crippen MR) is 38.4 cm³/mol. The van der Waals surface area contributed by atoms with Crippen LogP contribution in [-0.2, 0) is 21.9 Å². The van der Waals surface area contributed by atoms with Gasteiger partial charge in [0, 0.05) is 5.60 Å². The van der Waals surface area contributed by atoms with Gasteiger partial charge in [-0.25, -0.2) is 0 Å². The number of carboxylic acids is 1. The van der Waals surface area contributed by atoms with E-state index >= 15 is 0 Å². The quantitative estimate of drug-likeness (QED) is 0.334. The number of hydrogen-bond donors (Lipinski definition) is 4. The van der Waals surface area contributed by atoms with Crippen molar-refractivity contribution < 1.29 is 47.8 Å². The van der Waals surface area contributed by atoms with Crippen LogP contribution >= 0.6 is 0 Å². The average molecular weight is 236 g/mol. The maximum absolute atomic E-state index is 10.2. The van der Waals surface area contributed by atoms with Gasteiger partial charge in [-0.2, -0.15) is 6.61 Å². The molecule has 6 nitrogen and oxygen atoms in total. The molecule has 0 fully saturated rings. The molecular weight excluding hydrogens is 224 g/mol. The van der Waals surface area contributed by atoms with Crippen LogP contribution in [0.3, 0.4) is 0 Å². The second kappa shape index (κ2) is 7.25. The molecule has 0 saturated heterocycles. The van der Waals surface area contributed by atoms with Crippen LogP contribution in [0.25, 0.3) is 0 Å². The molecule has 0 aliphatic carbocycles. The van der Waals surface area contributed by atoms with E-state index in [1.807, 2.05) is 0 Å². The van der Waals surface area contributed by atoms with E-state index in [9.17, 15) is 4.79 Å². The Morgan fingerprint density at radius 3 is 2.23 bits per heavy atom. The van der Waals surface area contributed by atoms with E-state index in [1.54, 1.807) is 0 Å². The van der Waals surface area contributed by atoms with Crippen molar-refractivity contribution in [3.8, 4) is 0 Å². The predicted octanol–water partition coefficient (Wildman–Crippen LogP) is -1.91. The first-order valence-electron chi connectivity index (χ1n) is 2.87. The fourth-order valence-corrected chi connectivity index (χ4v) is 0.486. The van der Waals surface area contributed by atoms with E-state index in [4.69, 9.17) is 20.4 Å². The molecule has 7 heteroatoms. The first-order chi connectivity index (χ1) is 4.90. The SMILES string of the molecule is O.[CH2-]C(O)(C[C@@H](O)[CH-]O)C(=O)O.[Fe+2].